The number of rotatable bonds is 8. The molecule has 9 nitrogen and oxygen atoms in total. The van der Waals surface area contributed by atoms with Gasteiger partial charge in [-0.25, -0.2) is 29.5 Å². The number of carbonyl (C=O) groups excluding carboxylic acids is 2. The lowest BCUT2D eigenvalue weighted by Crippen LogP contribution is -2.43. The first kappa shape index (κ1) is 39.5. The van der Waals surface area contributed by atoms with Crippen LogP contribution in [0.4, 0.5) is 0 Å². The van der Waals surface area contributed by atoms with Gasteiger partial charge in [-0.05, 0) is 92.9 Å². The number of aromatic nitrogens is 4. The minimum atomic E-state index is -0.436. The molecule has 2 saturated carbocycles. The van der Waals surface area contributed by atoms with Crippen molar-refractivity contribution >= 4 is 67.8 Å². The van der Waals surface area contributed by atoms with E-state index in [4.69, 9.17) is 26.8 Å². The third kappa shape index (κ3) is 10.8. The van der Waals surface area contributed by atoms with Crippen molar-refractivity contribution in [3.05, 3.63) is 116 Å². The van der Waals surface area contributed by atoms with Gasteiger partial charge in [0.05, 0.1) is 24.3 Å². The lowest BCUT2D eigenvalue weighted by molar-refractivity contribution is 0.0515. The predicted octanol–water partition coefficient (Wildman–Crippen LogP) is 8.60. The highest BCUT2D eigenvalue weighted by Crippen LogP contribution is 2.46. The largest absolute Gasteiger partial charge is 0.462 e. The summed E-state index contributed by atoms with van der Waals surface area (Å²) in [7, 11) is 0. The molecule has 0 radical (unpaired) electrons. The van der Waals surface area contributed by atoms with Crippen molar-refractivity contribution in [3.63, 3.8) is 0 Å². The summed E-state index contributed by atoms with van der Waals surface area (Å²) in [6, 6.07) is 16.9. The Hall–Kier alpha value is -2.96. The fourth-order valence-corrected chi connectivity index (χ4v) is 5.93. The molecule has 2 aliphatic carbocycles. The van der Waals surface area contributed by atoms with Gasteiger partial charge in [0.25, 0.3) is 0 Å². The Morgan fingerprint density at radius 2 is 1.15 bits per heavy atom. The summed E-state index contributed by atoms with van der Waals surface area (Å²) in [6.07, 6.45) is 13.7. The maximum atomic E-state index is 11.7. The summed E-state index contributed by atoms with van der Waals surface area (Å²) in [5.41, 5.74) is 9.60. The third-order valence-electron chi connectivity index (χ3n) is 8.28. The Bertz CT molecular complexity index is 1600. The zero-order valence-electron chi connectivity index (χ0n) is 26.8. The number of carbonyl (C=O) groups is 2. The van der Waals surface area contributed by atoms with Gasteiger partial charge >= 0.3 is 11.9 Å². The monoisotopic (exact) mass is 821 g/mol. The molecule has 0 bridgehead atoms. The number of benzene rings is 2. The molecule has 2 heterocycles. The molecule has 0 aliphatic heterocycles. The standard InChI is InChI=1S/C18H19BrN2O2.C10H12BrN.C7H7ClN2O2.ClH/c1-2-23-17(22)13-11-20-16(21-12-13)10-18(8-3-9-18)14-4-6-15(19)7-5-14;11-9-4-2-8(3-5-9)10(12)6-1-7-10;1-2-12-6(11)5-3-9-7(8)10-4-5;/h4-7,11-12H,2-3,8-10H2,1H3;2-5H,1,6-7,12H2;3-4H,2H2,1H3;1H. The number of hydrogen-bond donors (Lipinski definition) is 1. The van der Waals surface area contributed by atoms with Gasteiger partial charge in [-0.1, -0.05) is 62.5 Å². The molecular weight excluding hydrogens is 785 g/mol. The summed E-state index contributed by atoms with van der Waals surface area (Å²) < 4.78 is 11.9. The van der Waals surface area contributed by atoms with Crippen molar-refractivity contribution in [3.8, 4) is 0 Å². The van der Waals surface area contributed by atoms with E-state index in [1.807, 2.05) is 0 Å². The first-order chi connectivity index (χ1) is 22.6. The van der Waals surface area contributed by atoms with E-state index < -0.39 is 5.97 Å². The molecule has 0 unspecified atom stereocenters. The van der Waals surface area contributed by atoms with Crippen LogP contribution in [0.2, 0.25) is 5.28 Å². The zero-order valence-corrected chi connectivity index (χ0v) is 31.6. The van der Waals surface area contributed by atoms with Gasteiger partial charge in [-0.15, -0.1) is 12.4 Å². The molecule has 48 heavy (non-hydrogen) atoms. The van der Waals surface area contributed by atoms with E-state index in [0.29, 0.717) is 24.3 Å². The predicted molar refractivity (Wildman–Crippen MR) is 195 cm³/mol. The van der Waals surface area contributed by atoms with E-state index in [1.54, 1.807) is 26.2 Å². The van der Waals surface area contributed by atoms with Crippen molar-refractivity contribution in [2.75, 3.05) is 13.2 Å². The minimum absolute atomic E-state index is 0. The Morgan fingerprint density at radius 3 is 1.52 bits per heavy atom. The zero-order chi connectivity index (χ0) is 33.9. The molecule has 256 valence electrons. The second-order valence-electron chi connectivity index (χ2n) is 11.4. The van der Waals surface area contributed by atoms with Crippen LogP contribution in [0.1, 0.15) is 90.0 Å². The topological polar surface area (TPSA) is 130 Å². The second-order valence-corrected chi connectivity index (χ2v) is 13.6. The van der Waals surface area contributed by atoms with Gasteiger partial charge in [-0.2, -0.15) is 0 Å². The van der Waals surface area contributed by atoms with E-state index in [1.165, 1.54) is 36.4 Å². The lowest BCUT2D eigenvalue weighted by atomic mass is 9.62. The SMILES string of the molecule is CCOC(=O)c1cnc(CC2(c3ccc(Br)cc3)CCC2)nc1.CCOC(=O)c1cnc(Cl)nc1.Cl.NC1(c2ccc(Br)cc2)CCC1. The van der Waals surface area contributed by atoms with E-state index >= 15 is 0 Å². The number of nitrogens with two attached hydrogens (primary N) is 1. The van der Waals surface area contributed by atoms with Gasteiger partial charge in [0, 0.05) is 51.1 Å². The second kappa shape index (κ2) is 18.7. The molecule has 2 N–H and O–H groups in total. The fraction of sp³-hybridized carbons (Fsp3) is 0.371. The molecule has 2 aromatic heterocycles. The van der Waals surface area contributed by atoms with E-state index in [0.717, 1.165) is 46.9 Å². The van der Waals surface area contributed by atoms with Crippen molar-refractivity contribution in [2.24, 2.45) is 5.73 Å². The fourth-order valence-electron chi connectivity index (χ4n) is 5.30. The van der Waals surface area contributed by atoms with Crippen LogP contribution in [-0.4, -0.2) is 45.1 Å². The van der Waals surface area contributed by atoms with Crippen LogP contribution in [0.25, 0.3) is 0 Å². The van der Waals surface area contributed by atoms with Crippen LogP contribution in [-0.2, 0) is 26.8 Å². The van der Waals surface area contributed by atoms with E-state index in [2.05, 4.69) is 100 Å². The van der Waals surface area contributed by atoms with Crippen LogP contribution in [0.5, 0.6) is 0 Å². The molecular formula is C35H39Br2Cl2N5O4. The number of nitrogens with zero attached hydrogens (tertiary/aromatic N) is 4. The summed E-state index contributed by atoms with van der Waals surface area (Å²) in [5.74, 6) is -0.0276. The van der Waals surface area contributed by atoms with Crippen LogP contribution in [0, 0.1) is 0 Å². The van der Waals surface area contributed by atoms with Crippen molar-refractivity contribution in [1.29, 1.82) is 0 Å². The van der Waals surface area contributed by atoms with Crippen LogP contribution >= 0.6 is 55.9 Å². The number of esters is 2. The Labute approximate surface area is 309 Å². The average molecular weight is 824 g/mol. The maximum Gasteiger partial charge on any atom is 0.341 e. The smallest absolute Gasteiger partial charge is 0.341 e. The van der Waals surface area contributed by atoms with Gasteiger partial charge in [-0.3, -0.25) is 0 Å². The number of hydrogen-bond acceptors (Lipinski definition) is 9. The summed E-state index contributed by atoms with van der Waals surface area (Å²) in [4.78, 5) is 38.7. The maximum absolute atomic E-state index is 11.7. The van der Waals surface area contributed by atoms with Crippen LogP contribution in [0.15, 0.2) is 82.3 Å². The molecule has 0 amide bonds. The van der Waals surface area contributed by atoms with Crippen molar-refractivity contribution in [1.82, 2.24) is 19.9 Å². The van der Waals surface area contributed by atoms with E-state index in [9.17, 15) is 9.59 Å². The molecule has 0 saturated heterocycles. The molecule has 6 rings (SSSR count). The van der Waals surface area contributed by atoms with Gasteiger partial charge in [0.1, 0.15) is 5.82 Å². The molecule has 0 spiro atoms. The average Bonchev–Trinajstić information content (AvgIpc) is 3.04. The summed E-state index contributed by atoms with van der Waals surface area (Å²) in [5, 5.41) is 0.114. The Balaban J connectivity index is 0.000000212. The molecule has 2 aromatic carbocycles. The van der Waals surface area contributed by atoms with Crippen LogP contribution in [0.3, 0.4) is 0 Å². The quantitative estimate of drug-likeness (QED) is 0.137. The molecule has 2 fully saturated rings. The Kier molecular flexibility index (Phi) is 15.4. The van der Waals surface area contributed by atoms with Gasteiger partial charge in [0.15, 0.2) is 0 Å². The first-order valence-corrected chi connectivity index (χ1v) is 17.5. The number of halogens is 4. The molecule has 0 atom stereocenters. The van der Waals surface area contributed by atoms with Crippen LogP contribution < -0.4 is 5.73 Å². The minimum Gasteiger partial charge on any atom is -0.462 e. The summed E-state index contributed by atoms with van der Waals surface area (Å²) >= 11 is 12.3. The molecule has 2 aliphatic rings. The highest BCUT2D eigenvalue weighted by molar-refractivity contribution is 9.10. The van der Waals surface area contributed by atoms with Crippen molar-refractivity contribution in [2.45, 2.75) is 69.7 Å². The van der Waals surface area contributed by atoms with Crippen molar-refractivity contribution < 1.29 is 19.1 Å². The highest BCUT2D eigenvalue weighted by atomic mass is 79.9. The third-order valence-corrected chi connectivity index (χ3v) is 9.53. The van der Waals surface area contributed by atoms with Gasteiger partial charge in [0.2, 0.25) is 5.28 Å². The Morgan fingerprint density at radius 1 is 0.729 bits per heavy atom. The molecule has 4 aromatic rings. The molecule has 13 heteroatoms. The number of ether oxygens (including phenoxy) is 2. The van der Waals surface area contributed by atoms with Gasteiger partial charge < -0.3 is 15.2 Å². The first-order valence-electron chi connectivity index (χ1n) is 15.5. The summed E-state index contributed by atoms with van der Waals surface area (Å²) in [6.45, 7) is 4.20. The normalized spacial score (nSPS) is 15.0. The van der Waals surface area contributed by atoms with E-state index in [-0.39, 0.29) is 34.6 Å². The lowest BCUT2D eigenvalue weighted by Gasteiger charge is -2.42. The highest BCUT2D eigenvalue weighted by Gasteiger charge is 2.39.